The van der Waals surface area contributed by atoms with Crippen molar-refractivity contribution in [2.45, 2.75) is 45.3 Å². The van der Waals surface area contributed by atoms with Crippen LogP contribution in [0.15, 0.2) is 18.2 Å². The molecular formula is C16H23NO. The second-order valence-electron chi connectivity index (χ2n) is 5.87. The average molecular weight is 245 g/mol. The Labute approximate surface area is 110 Å². The van der Waals surface area contributed by atoms with Crippen LogP contribution in [0.4, 0.5) is 0 Å². The van der Waals surface area contributed by atoms with Gasteiger partial charge in [-0.25, -0.2) is 0 Å². The lowest BCUT2D eigenvalue weighted by atomic mass is 9.93. The van der Waals surface area contributed by atoms with Gasteiger partial charge in [0.1, 0.15) is 0 Å². The first-order valence-electron chi connectivity index (χ1n) is 7.16. The molecule has 2 unspecified atom stereocenters. The lowest BCUT2D eigenvalue weighted by molar-refractivity contribution is 0.0904. The van der Waals surface area contributed by atoms with Crippen molar-refractivity contribution in [3.8, 4) is 0 Å². The van der Waals surface area contributed by atoms with E-state index in [1.165, 1.54) is 36.0 Å². The fourth-order valence-electron chi connectivity index (χ4n) is 2.76. The normalized spacial score (nSPS) is 27.7. The van der Waals surface area contributed by atoms with Crippen molar-refractivity contribution in [3.05, 3.63) is 34.9 Å². The highest BCUT2D eigenvalue weighted by Crippen LogP contribution is 2.35. The standard InChI is InChI=1S/C16H23NO/c1-11-3-4-13(9-12(11)2)16-14(7-8-18-16)10-17-15-5-6-15/h3-4,9,14-17H,5-8,10H2,1-2H3. The van der Waals surface area contributed by atoms with Gasteiger partial charge < -0.3 is 10.1 Å². The number of hydrogen-bond acceptors (Lipinski definition) is 2. The molecule has 2 heteroatoms. The topological polar surface area (TPSA) is 21.3 Å². The zero-order chi connectivity index (χ0) is 12.5. The third-order valence-electron chi connectivity index (χ3n) is 4.32. The third-order valence-corrected chi connectivity index (χ3v) is 4.32. The van der Waals surface area contributed by atoms with Crippen LogP contribution in [0.1, 0.15) is 42.1 Å². The van der Waals surface area contributed by atoms with Gasteiger partial charge in [0, 0.05) is 25.1 Å². The molecule has 0 amide bonds. The predicted molar refractivity (Wildman–Crippen MR) is 73.7 cm³/mol. The Balaban J connectivity index is 1.70. The Bertz CT molecular complexity index is 425. The third kappa shape index (κ3) is 2.60. The summed E-state index contributed by atoms with van der Waals surface area (Å²) >= 11 is 0. The average Bonchev–Trinajstić information content (AvgIpc) is 3.08. The van der Waals surface area contributed by atoms with E-state index in [1.807, 2.05) is 0 Å². The van der Waals surface area contributed by atoms with E-state index in [2.05, 4.69) is 37.4 Å². The monoisotopic (exact) mass is 245 g/mol. The van der Waals surface area contributed by atoms with Crippen LogP contribution in [0.3, 0.4) is 0 Å². The molecule has 2 aliphatic rings. The molecule has 3 rings (SSSR count). The first-order valence-corrected chi connectivity index (χ1v) is 7.16. The largest absolute Gasteiger partial charge is 0.373 e. The van der Waals surface area contributed by atoms with E-state index in [-0.39, 0.29) is 0 Å². The molecule has 1 aromatic carbocycles. The Morgan fingerprint density at radius 3 is 2.72 bits per heavy atom. The van der Waals surface area contributed by atoms with Crippen molar-refractivity contribution < 1.29 is 4.74 Å². The zero-order valence-corrected chi connectivity index (χ0v) is 11.4. The molecule has 0 radical (unpaired) electrons. The molecule has 98 valence electrons. The molecule has 1 saturated carbocycles. The summed E-state index contributed by atoms with van der Waals surface area (Å²) in [5.41, 5.74) is 4.10. The second kappa shape index (κ2) is 5.02. The van der Waals surface area contributed by atoms with Gasteiger partial charge in [-0.05, 0) is 49.8 Å². The van der Waals surface area contributed by atoms with E-state index < -0.39 is 0 Å². The van der Waals surface area contributed by atoms with E-state index in [1.54, 1.807) is 0 Å². The number of rotatable bonds is 4. The maximum absolute atomic E-state index is 5.96. The SMILES string of the molecule is Cc1ccc(C2OCCC2CNC2CC2)cc1C. The van der Waals surface area contributed by atoms with Gasteiger partial charge in [0.05, 0.1) is 6.10 Å². The Kier molecular flexibility index (Phi) is 3.40. The molecule has 0 spiro atoms. The molecule has 1 aliphatic heterocycles. The number of nitrogens with one attached hydrogen (secondary N) is 1. The summed E-state index contributed by atoms with van der Waals surface area (Å²) in [6.07, 6.45) is 4.22. The fraction of sp³-hybridized carbons (Fsp3) is 0.625. The molecule has 1 N–H and O–H groups in total. The highest BCUT2D eigenvalue weighted by Gasteiger charge is 2.31. The molecule has 1 saturated heterocycles. The maximum Gasteiger partial charge on any atom is 0.0866 e. The van der Waals surface area contributed by atoms with Gasteiger partial charge in [-0.1, -0.05) is 18.2 Å². The number of hydrogen-bond donors (Lipinski definition) is 1. The van der Waals surface area contributed by atoms with Crippen LogP contribution in [-0.2, 0) is 4.74 Å². The molecule has 2 fully saturated rings. The first-order chi connectivity index (χ1) is 8.74. The van der Waals surface area contributed by atoms with Crippen molar-refractivity contribution in [1.82, 2.24) is 5.32 Å². The minimum Gasteiger partial charge on any atom is -0.373 e. The van der Waals surface area contributed by atoms with Gasteiger partial charge in [-0.3, -0.25) is 0 Å². The zero-order valence-electron chi connectivity index (χ0n) is 11.4. The van der Waals surface area contributed by atoms with Crippen molar-refractivity contribution in [2.75, 3.05) is 13.2 Å². The van der Waals surface area contributed by atoms with Gasteiger partial charge in [0.2, 0.25) is 0 Å². The van der Waals surface area contributed by atoms with E-state index in [4.69, 9.17) is 4.74 Å². The molecule has 18 heavy (non-hydrogen) atoms. The van der Waals surface area contributed by atoms with Gasteiger partial charge in [0.25, 0.3) is 0 Å². The van der Waals surface area contributed by atoms with E-state index in [0.717, 1.165) is 19.2 Å². The van der Waals surface area contributed by atoms with Gasteiger partial charge in [-0.2, -0.15) is 0 Å². The molecule has 1 heterocycles. The van der Waals surface area contributed by atoms with Crippen molar-refractivity contribution in [2.24, 2.45) is 5.92 Å². The summed E-state index contributed by atoms with van der Waals surface area (Å²) in [5.74, 6) is 0.646. The predicted octanol–water partition coefficient (Wildman–Crippen LogP) is 3.13. The molecule has 2 nitrogen and oxygen atoms in total. The summed E-state index contributed by atoms with van der Waals surface area (Å²) in [6.45, 7) is 6.38. The first kappa shape index (κ1) is 12.2. The Morgan fingerprint density at radius 2 is 2.00 bits per heavy atom. The van der Waals surface area contributed by atoms with Crippen molar-refractivity contribution >= 4 is 0 Å². The summed E-state index contributed by atoms with van der Waals surface area (Å²) in [6, 6.07) is 7.56. The molecule has 1 aromatic rings. The highest BCUT2D eigenvalue weighted by atomic mass is 16.5. The summed E-state index contributed by atoms with van der Waals surface area (Å²) in [5, 5.41) is 3.64. The number of ether oxygens (including phenoxy) is 1. The van der Waals surface area contributed by atoms with Crippen LogP contribution < -0.4 is 5.32 Å². The maximum atomic E-state index is 5.96. The van der Waals surface area contributed by atoms with Crippen molar-refractivity contribution in [3.63, 3.8) is 0 Å². The second-order valence-corrected chi connectivity index (χ2v) is 5.87. The van der Waals surface area contributed by atoms with Crippen LogP contribution in [0.2, 0.25) is 0 Å². The molecule has 2 atom stereocenters. The minimum atomic E-state index is 0.301. The quantitative estimate of drug-likeness (QED) is 0.880. The number of aryl methyl sites for hydroxylation is 2. The van der Waals surface area contributed by atoms with E-state index >= 15 is 0 Å². The fourth-order valence-corrected chi connectivity index (χ4v) is 2.76. The summed E-state index contributed by atoms with van der Waals surface area (Å²) in [4.78, 5) is 0. The van der Waals surface area contributed by atoms with Crippen LogP contribution in [0, 0.1) is 19.8 Å². The smallest absolute Gasteiger partial charge is 0.0866 e. The lowest BCUT2D eigenvalue weighted by Crippen LogP contribution is -2.26. The van der Waals surface area contributed by atoms with Crippen LogP contribution in [-0.4, -0.2) is 19.2 Å². The van der Waals surface area contributed by atoms with E-state index in [9.17, 15) is 0 Å². The van der Waals surface area contributed by atoms with Crippen LogP contribution in [0.5, 0.6) is 0 Å². The Morgan fingerprint density at radius 1 is 1.17 bits per heavy atom. The Hall–Kier alpha value is -0.860. The van der Waals surface area contributed by atoms with Crippen LogP contribution in [0.25, 0.3) is 0 Å². The molecule has 1 aliphatic carbocycles. The molecule has 0 aromatic heterocycles. The van der Waals surface area contributed by atoms with Crippen LogP contribution >= 0.6 is 0 Å². The molecular weight excluding hydrogens is 222 g/mol. The summed E-state index contributed by atoms with van der Waals surface area (Å²) in [7, 11) is 0. The minimum absolute atomic E-state index is 0.301. The van der Waals surface area contributed by atoms with Gasteiger partial charge >= 0.3 is 0 Å². The summed E-state index contributed by atoms with van der Waals surface area (Å²) < 4.78 is 5.96. The lowest BCUT2D eigenvalue weighted by Gasteiger charge is -2.20. The molecule has 0 bridgehead atoms. The number of benzene rings is 1. The van der Waals surface area contributed by atoms with Gasteiger partial charge in [-0.15, -0.1) is 0 Å². The highest BCUT2D eigenvalue weighted by molar-refractivity contribution is 5.31. The van der Waals surface area contributed by atoms with Crippen molar-refractivity contribution in [1.29, 1.82) is 0 Å². The van der Waals surface area contributed by atoms with E-state index in [0.29, 0.717) is 12.0 Å². The van der Waals surface area contributed by atoms with Gasteiger partial charge in [0.15, 0.2) is 0 Å².